The van der Waals surface area contributed by atoms with Gasteiger partial charge < -0.3 is 10.6 Å². The molecule has 0 saturated carbocycles. The molecule has 0 aromatic carbocycles. The third kappa shape index (κ3) is 3.01. The van der Waals surface area contributed by atoms with Crippen molar-refractivity contribution in [2.24, 2.45) is 0 Å². The minimum atomic E-state index is -0.254. The van der Waals surface area contributed by atoms with Crippen molar-refractivity contribution >= 4 is 28.7 Å². The molecule has 5 nitrogen and oxygen atoms in total. The first-order chi connectivity index (χ1) is 8.29. The molecule has 0 fully saturated rings. The topological polar surface area (TPSA) is 66.9 Å². The van der Waals surface area contributed by atoms with Crippen molar-refractivity contribution in [3.8, 4) is 0 Å². The second-order valence-electron chi connectivity index (χ2n) is 3.29. The van der Waals surface area contributed by atoms with E-state index in [1.54, 1.807) is 6.20 Å². The van der Waals surface area contributed by atoms with Gasteiger partial charge in [-0.2, -0.15) is 11.3 Å². The van der Waals surface area contributed by atoms with E-state index in [4.69, 9.17) is 0 Å². The molecule has 0 unspecified atom stereocenters. The molecule has 0 saturated heterocycles. The van der Waals surface area contributed by atoms with E-state index in [-0.39, 0.29) is 5.91 Å². The van der Waals surface area contributed by atoms with Gasteiger partial charge in [0.25, 0.3) is 5.91 Å². The molecule has 0 aliphatic heterocycles. The maximum absolute atomic E-state index is 11.8. The van der Waals surface area contributed by atoms with Crippen LogP contribution in [0.4, 0.5) is 11.5 Å². The van der Waals surface area contributed by atoms with E-state index >= 15 is 0 Å². The lowest BCUT2D eigenvalue weighted by Gasteiger charge is -2.04. The van der Waals surface area contributed by atoms with E-state index in [9.17, 15) is 4.79 Å². The summed E-state index contributed by atoms with van der Waals surface area (Å²) in [6, 6.07) is 1.84. The Morgan fingerprint density at radius 2 is 2.35 bits per heavy atom. The van der Waals surface area contributed by atoms with Crippen LogP contribution in [-0.2, 0) is 0 Å². The summed E-state index contributed by atoms with van der Waals surface area (Å²) >= 11 is 1.52. The Labute approximate surface area is 103 Å². The van der Waals surface area contributed by atoms with Crippen molar-refractivity contribution < 1.29 is 4.79 Å². The first kappa shape index (κ1) is 11.5. The Hall–Kier alpha value is -1.95. The van der Waals surface area contributed by atoms with Gasteiger partial charge in [-0.25, -0.2) is 4.98 Å². The SMILES string of the molecule is CCNc1cncc(C(=O)Nc2ccsc2)n1. The Balaban J connectivity index is 2.11. The van der Waals surface area contributed by atoms with Crippen molar-refractivity contribution in [3.63, 3.8) is 0 Å². The van der Waals surface area contributed by atoms with Crippen LogP contribution in [0.1, 0.15) is 17.4 Å². The van der Waals surface area contributed by atoms with Crippen molar-refractivity contribution in [2.75, 3.05) is 17.2 Å². The monoisotopic (exact) mass is 248 g/mol. The summed E-state index contributed by atoms with van der Waals surface area (Å²) in [6.45, 7) is 2.70. The lowest BCUT2D eigenvalue weighted by Crippen LogP contribution is -2.14. The normalized spacial score (nSPS) is 9.94. The molecule has 17 heavy (non-hydrogen) atoms. The zero-order valence-corrected chi connectivity index (χ0v) is 10.1. The fourth-order valence-corrected chi connectivity index (χ4v) is 1.86. The molecule has 0 radical (unpaired) electrons. The van der Waals surface area contributed by atoms with Gasteiger partial charge in [-0.1, -0.05) is 0 Å². The van der Waals surface area contributed by atoms with Gasteiger partial charge in [0, 0.05) is 11.9 Å². The van der Waals surface area contributed by atoms with Crippen LogP contribution < -0.4 is 10.6 Å². The largest absolute Gasteiger partial charge is 0.369 e. The van der Waals surface area contributed by atoms with Crippen LogP contribution in [0, 0.1) is 0 Å². The van der Waals surface area contributed by atoms with Crippen molar-refractivity contribution in [2.45, 2.75) is 6.92 Å². The Kier molecular flexibility index (Phi) is 3.66. The lowest BCUT2D eigenvalue weighted by molar-refractivity contribution is 0.102. The number of thiophene rings is 1. The number of anilines is 2. The summed E-state index contributed by atoms with van der Waals surface area (Å²) in [4.78, 5) is 20.0. The summed E-state index contributed by atoms with van der Waals surface area (Å²) in [5, 5.41) is 9.52. The highest BCUT2D eigenvalue weighted by molar-refractivity contribution is 7.08. The molecule has 0 spiro atoms. The molecule has 88 valence electrons. The quantitative estimate of drug-likeness (QED) is 0.870. The molecule has 2 aromatic rings. The Bertz CT molecular complexity index is 498. The molecule has 2 rings (SSSR count). The van der Waals surface area contributed by atoms with E-state index < -0.39 is 0 Å². The summed E-state index contributed by atoms with van der Waals surface area (Å²) in [5.74, 6) is 0.348. The van der Waals surface area contributed by atoms with Crippen LogP contribution in [-0.4, -0.2) is 22.4 Å². The average molecular weight is 248 g/mol. The van der Waals surface area contributed by atoms with Crippen molar-refractivity contribution in [1.82, 2.24) is 9.97 Å². The van der Waals surface area contributed by atoms with Gasteiger partial charge >= 0.3 is 0 Å². The molecular formula is C11H12N4OS. The molecule has 0 atom stereocenters. The van der Waals surface area contributed by atoms with Gasteiger partial charge in [-0.05, 0) is 18.4 Å². The van der Waals surface area contributed by atoms with E-state index in [0.29, 0.717) is 11.5 Å². The van der Waals surface area contributed by atoms with Crippen LogP contribution >= 0.6 is 11.3 Å². The maximum Gasteiger partial charge on any atom is 0.275 e. The zero-order valence-electron chi connectivity index (χ0n) is 9.30. The number of nitrogens with one attached hydrogen (secondary N) is 2. The van der Waals surface area contributed by atoms with Crippen LogP contribution in [0.5, 0.6) is 0 Å². The van der Waals surface area contributed by atoms with Gasteiger partial charge in [0.15, 0.2) is 0 Å². The van der Waals surface area contributed by atoms with Crippen LogP contribution in [0.15, 0.2) is 29.2 Å². The molecule has 0 bridgehead atoms. The van der Waals surface area contributed by atoms with Gasteiger partial charge in [-0.3, -0.25) is 9.78 Å². The zero-order chi connectivity index (χ0) is 12.1. The minimum Gasteiger partial charge on any atom is -0.369 e. The molecule has 0 aliphatic carbocycles. The van der Waals surface area contributed by atoms with E-state index in [2.05, 4.69) is 20.6 Å². The Morgan fingerprint density at radius 3 is 3.06 bits per heavy atom. The molecule has 2 heterocycles. The molecule has 6 heteroatoms. The van der Waals surface area contributed by atoms with E-state index in [0.717, 1.165) is 12.2 Å². The smallest absolute Gasteiger partial charge is 0.275 e. The lowest BCUT2D eigenvalue weighted by atomic mass is 10.4. The van der Waals surface area contributed by atoms with E-state index in [1.165, 1.54) is 17.5 Å². The predicted molar refractivity (Wildman–Crippen MR) is 68.5 cm³/mol. The number of amides is 1. The first-order valence-corrected chi connectivity index (χ1v) is 6.13. The Morgan fingerprint density at radius 1 is 1.47 bits per heavy atom. The summed E-state index contributed by atoms with van der Waals surface area (Å²) in [6.07, 6.45) is 3.04. The molecular weight excluding hydrogens is 236 g/mol. The number of carbonyl (C=O) groups is 1. The second kappa shape index (κ2) is 5.40. The summed E-state index contributed by atoms with van der Waals surface area (Å²) < 4.78 is 0. The van der Waals surface area contributed by atoms with Gasteiger partial charge in [0.05, 0.1) is 18.1 Å². The fourth-order valence-electron chi connectivity index (χ4n) is 1.27. The van der Waals surface area contributed by atoms with Gasteiger partial charge in [0.2, 0.25) is 0 Å². The predicted octanol–water partition coefficient (Wildman–Crippen LogP) is 2.22. The van der Waals surface area contributed by atoms with Crippen molar-refractivity contribution in [3.05, 3.63) is 34.9 Å². The van der Waals surface area contributed by atoms with E-state index in [1.807, 2.05) is 23.8 Å². The number of rotatable bonds is 4. The highest BCUT2D eigenvalue weighted by Gasteiger charge is 2.09. The van der Waals surface area contributed by atoms with Crippen molar-refractivity contribution in [1.29, 1.82) is 0 Å². The van der Waals surface area contributed by atoms with Gasteiger partial charge in [0.1, 0.15) is 11.5 Å². The highest BCUT2D eigenvalue weighted by atomic mass is 32.1. The summed E-state index contributed by atoms with van der Waals surface area (Å²) in [5.41, 5.74) is 1.07. The molecule has 0 aliphatic rings. The molecule has 2 N–H and O–H groups in total. The number of hydrogen-bond acceptors (Lipinski definition) is 5. The minimum absolute atomic E-state index is 0.254. The molecule has 2 aromatic heterocycles. The number of nitrogens with zero attached hydrogens (tertiary/aromatic N) is 2. The number of hydrogen-bond donors (Lipinski definition) is 2. The highest BCUT2D eigenvalue weighted by Crippen LogP contribution is 2.13. The standard InChI is InChI=1S/C11H12N4OS/c1-2-13-10-6-12-5-9(15-10)11(16)14-8-3-4-17-7-8/h3-7H,2H2,1H3,(H,13,15)(H,14,16). The van der Waals surface area contributed by atoms with Crippen LogP contribution in [0.3, 0.4) is 0 Å². The fraction of sp³-hybridized carbons (Fsp3) is 0.182. The second-order valence-corrected chi connectivity index (χ2v) is 4.07. The number of carbonyl (C=O) groups excluding carboxylic acids is 1. The third-order valence-corrected chi connectivity index (χ3v) is 2.69. The van der Waals surface area contributed by atoms with Gasteiger partial charge in [-0.15, -0.1) is 0 Å². The third-order valence-electron chi connectivity index (χ3n) is 2.00. The molecule has 1 amide bonds. The summed E-state index contributed by atoms with van der Waals surface area (Å²) in [7, 11) is 0. The number of aromatic nitrogens is 2. The first-order valence-electron chi connectivity index (χ1n) is 5.19. The van der Waals surface area contributed by atoms with Crippen LogP contribution in [0.25, 0.3) is 0 Å². The average Bonchev–Trinajstić information content (AvgIpc) is 2.83. The maximum atomic E-state index is 11.8. The van der Waals surface area contributed by atoms with Crippen LogP contribution in [0.2, 0.25) is 0 Å².